The molecule has 0 aromatic carbocycles. The Kier molecular flexibility index (Phi) is 7.35. The zero-order chi connectivity index (χ0) is 15.2. The van der Waals surface area contributed by atoms with Crippen molar-refractivity contribution in [2.75, 3.05) is 19.7 Å². The maximum atomic E-state index is 11.6. The number of carbonyl (C=O) groups is 2. The summed E-state index contributed by atoms with van der Waals surface area (Å²) in [7, 11) is 0. The highest BCUT2D eigenvalue weighted by Crippen LogP contribution is 2.32. The third-order valence-corrected chi connectivity index (χ3v) is 3.50. The van der Waals surface area contributed by atoms with Crippen molar-refractivity contribution in [2.24, 2.45) is 5.92 Å². The Bertz CT molecular complexity index is 505. The quantitative estimate of drug-likeness (QED) is 0.877. The van der Waals surface area contributed by atoms with Crippen LogP contribution < -0.4 is 5.43 Å². The molecular weight excluding hydrogens is 304 g/mol. The SMILES string of the molecule is CCNN1CCC(C(=O)OCC)CC1=O.Cl.c1cc2cc-2c1. The molecule has 0 aromatic heterocycles. The van der Waals surface area contributed by atoms with Crippen molar-refractivity contribution in [3.63, 3.8) is 0 Å². The smallest absolute Gasteiger partial charge is 0.309 e. The van der Waals surface area contributed by atoms with Crippen LogP contribution in [0.2, 0.25) is 0 Å². The van der Waals surface area contributed by atoms with Gasteiger partial charge in [-0.1, -0.05) is 25.1 Å². The molecule has 0 bridgehead atoms. The highest BCUT2D eigenvalue weighted by atomic mass is 35.5. The van der Waals surface area contributed by atoms with E-state index in [-0.39, 0.29) is 36.6 Å². The van der Waals surface area contributed by atoms with Crippen LogP contribution in [-0.2, 0) is 14.3 Å². The first-order valence-corrected chi connectivity index (χ1v) is 7.46. The van der Waals surface area contributed by atoms with E-state index in [2.05, 4.69) is 29.7 Å². The van der Waals surface area contributed by atoms with E-state index in [1.165, 1.54) is 11.1 Å². The van der Waals surface area contributed by atoms with Crippen LogP contribution in [0, 0.1) is 5.92 Å². The highest BCUT2D eigenvalue weighted by Gasteiger charge is 2.30. The van der Waals surface area contributed by atoms with E-state index in [1.807, 2.05) is 6.92 Å². The minimum atomic E-state index is -0.257. The number of carbonyl (C=O) groups excluding carboxylic acids is 2. The first kappa shape index (κ1) is 18.5. The first-order chi connectivity index (χ1) is 10.2. The van der Waals surface area contributed by atoms with E-state index in [4.69, 9.17) is 4.74 Å². The first-order valence-electron chi connectivity index (χ1n) is 7.46. The Labute approximate surface area is 137 Å². The molecule has 1 saturated heterocycles. The van der Waals surface area contributed by atoms with Crippen LogP contribution in [0.25, 0.3) is 11.1 Å². The number of rotatable bonds is 4. The van der Waals surface area contributed by atoms with Gasteiger partial charge in [-0.15, -0.1) is 12.4 Å². The molecule has 6 heteroatoms. The standard InChI is InChI=1S/C10H18N2O3.C6H4.ClH/c1-3-11-12-6-5-8(7-9(12)13)10(14)15-4-2;1-2-5-4-6(5)3-1;/h8,11H,3-7H2,1-2H3;1-4H;1H. The number of ether oxygens (including phenoxy) is 1. The lowest BCUT2D eigenvalue weighted by molar-refractivity contribution is -0.155. The maximum absolute atomic E-state index is 11.6. The van der Waals surface area contributed by atoms with Gasteiger partial charge in [0.2, 0.25) is 5.91 Å². The zero-order valence-corrected chi connectivity index (χ0v) is 13.8. The fraction of sp³-hybridized carbons (Fsp3) is 0.500. The van der Waals surface area contributed by atoms with E-state index < -0.39 is 0 Å². The van der Waals surface area contributed by atoms with Crippen LogP contribution in [-0.4, -0.2) is 36.6 Å². The summed E-state index contributed by atoms with van der Waals surface area (Å²) < 4.78 is 4.89. The lowest BCUT2D eigenvalue weighted by Gasteiger charge is -2.30. The van der Waals surface area contributed by atoms with Gasteiger partial charge in [0.15, 0.2) is 0 Å². The predicted octanol–water partition coefficient (Wildman–Crippen LogP) is 2.40. The molecule has 3 aliphatic rings. The number of hydrazine groups is 1. The highest BCUT2D eigenvalue weighted by molar-refractivity contribution is 5.85. The molecule has 1 atom stereocenters. The van der Waals surface area contributed by atoms with E-state index in [9.17, 15) is 9.59 Å². The lowest BCUT2D eigenvalue weighted by Crippen LogP contribution is -2.48. The van der Waals surface area contributed by atoms with Crippen LogP contribution in [0.5, 0.6) is 0 Å². The van der Waals surface area contributed by atoms with Crippen molar-refractivity contribution in [2.45, 2.75) is 26.7 Å². The molecule has 3 rings (SSSR count). The summed E-state index contributed by atoms with van der Waals surface area (Å²) in [6, 6.07) is 8.48. The fourth-order valence-corrected chi connectivity index (χ4v) is 2.33. The van der Waals surface area contributed by atoms with Crippen LogP contribution >= 0.6 is 12.4 Å². The van der Waals surface area contributed by atoms with Gasteiger partial charge in [0.05, 0.1) is 12.5 Å². The fourth-order valence-electron chi connectivity index (χ4n) is 2.33. The molecule has 0 spiro atoms. The van der Waals surface area contributed by atoms with Gasteiger partial charge in [-0.2, -0.15) is 0 Å². The largest absolute Gasteiger partial charge is 0.466 e. The monoisotopic (exact) mass is 326 g/mol. The lowest BCUT2D eigenvalue weighted by atomic mass is 9.97. The van der Waals surface area contributed by atoms with Gasteiger partial charge >= 0.3 is 5.97 Å². The van der Waals surface area contributed by atoms with Crippen LogP contribution in [0.15, 0.2) is 24.3 Å². The maximum Gasteiger partial charge on any atom is 0.309 e. The molecule has 1 fully saturated rings. The Balaban J connectivity index is 0.000000284. The molecule has 1 aliphatic heterocycles. The van der Waals surface area contributed by atoms with Gasteiger partial charge in [0.25, 0.3) is 0 Å². The van der Waals surface area contributed by atoms with Gasteiger partial charge in [0.1, 0.15) is 0 Å². The molecule has 2 aliphatic carbocycles. The van der Waals surface area contributed by atoms with Gasteiger partial charge < -0.3 is 4.74 Å². The second kappa shape index (κ2) is 8.76. The molecular formula is C16H23ClN2O3. The van der Waals surface area contributed by atoms with Gasteiger partial charge in [0, 0.05) is 19.5 Å². The van der Waals surface area contributed by atoms with Crippen molar-refractivity contribution in [3.8, 4) is 11.1 Å². The number of nitrogens with one attached hydrogen (secondary N) is 1. The number of fused-ring (bicyclic) bond motifs is 1. The Hall–Kier alpha value is -1.59. The summed E-state index contributed by atoms with van der Waals surface area (Å²) in [5.41, 5.74) is 5.81. The molecule has 5 nitrogen and oxygen atoms in total. The van der Waals surface area contributed by atoms with Gasteiger partial charge in [-0.25, -0.2) is 5.43 Å². The number of halogens is 1. The molecule has 1 unspecified atom stereocenters. The predicted molar refractivity (Wildman–Crippen MR) is 87.4 cm³/mol. The summed E-state index contributed by atoms with van der Waals surface area (Å²) in [6.45, 7) is 5.38. The normalized spacial score (nSPS) is 17.8. The molecule has 0 radical (unpaired) electrons. The van der Waals surface area contributed by atoms with Crippen molar-refractivity contribution in [1.29, 1.82) is 0 Å². The van der Waals surface area contributed by atoms with E-state index in [0.717, 1.165) is 6.54 Å². The van der Waals surface area contributed by atoms with Gasteiger partial charge in [-0.3, -0.25) is 14.6 Å². The number of benzene rings is 1. The summed E-state index contributed by atoms with van der Waals surface area (Å²) in [5.74, 6) is -0.532. The summed E-state index contributed by atoms with van der Waals surface area (Å²) in [6.07, 6.45) is 0.934. The third-order valence-electron chi connectivity index (χ3n) is 3.50. The topological polar surface area (TPSA) is 58.6 Å². The molecule has 1 amide bonds. The molecule has 1 N–H and O–H groups in total. The average Bonchev–Trinajstić information content (AvgIpc) is 3.08. The Morgan fingerprint density at radius 2 is 2.05 bits per heavy atom. The molecule has 0 aromatic rings. The molecule has 22 heavy (non-hydrogen) atoms. The van der Waals surface area contributed by atoms with Crippen molar-refractivity contribution in [1.82, 2.24) is 10.4 Å². The van der Waals surface area contributed by atoms with Crippen molar-refractivity contribution in [3.05, 3.63) is 24.3 Å². The molecule has 0 saturated carbocycles. The second-order valence-corrected chi connectivity index (χ2v) is 5.08. The number of piperidine rings is 1. The number of esters is 1. The van der Waals surface area contributed by atoms with Crippen LogP contribution in [0.4, 0.5) is 0 Å². The number of amides is 1. The van der Waals surface area contributed by atoms with E-state index >= 15 is 0 Å². The minimum absolute atomic E-state index is 0. The molecule has 1 heterocycles. The average molecular weight is 327 g/mol. The third kappa shape index (κ3) is 5.00. The second-order valence-electron chi connectivity index (χ2n) is 5.08. The van der Waals surface area contributed by atoms with E-state index in [0.29, 0.717) is 19.6 Å². The van der Waals surface area contributed by atoms with Crippen LogP contribution in [0.1, 0.15) is 26.7 Å². The number of hydrogen-bond donors (Lipinski definition) is 1. The minimum Gasteiger partial charge on any atom is -0.466 e. The summed E-state index contributed by atoms with van der Waals surface area (Å²) in [5, 5.41) is 1.58. The Morgan fingerprint density at radius 3 is 2.45 bits per heavy atom. The van der Waals surface area contributed by atoms with Crippen molar-refractivity contribution >= 4 is 24.3 Å². The van der Waals surface area contributed by atoms with Crippen molar-refractivity contribution < 1.29 is 14.3 Å². The van der Waals surface area contributed by atoms with Crippen LogP contribution in [0.3, 0.4) is 0 Å². The number of hydrogen-bond acceptors (Lipinski definition) is 4. The van der Waals surface area contributed by atoms with E-state index in [1.54, 1.807) is 11.9 Å². The molecule has 122 valence electrons. The zero-order valence-electron chi connectivity index (χ0n) is 13.0. The summed E-state index contributed by atoms with van der Waals surface area (Å²) >= 11 is 0. The van der Waals surface area contributed by atoms with Gasteiger partial charge in [-0.05, 0) is 30.5 Å². The number of nitrogens with zero attached hydrogens (tertiary/aromatic N) is 1. The summed E-state index contributed by atoms with van der Waals surface area (Å²) in [4.78, 5) is 23.0. The Morgan fingerprint density at radius 1 is 1.36 bits per heavy atom.